The summed E-state index contributed by atoms with van der Waals surface area (Å²) in [5, 5.41) is 0.356. The zero-order valence-corrected chi connectivity index (χ0v) is 13.5. The number of carbonyl (C=O) groups is 1. The number of nitrogens with zero attached hydrogens (tertiary/aromatic N) is 1. The Morgan fingerprint density at radius 2 is 2.00 bits per heavy atom. The van der Waals surface area contributed by atoms with Crippen LogP contribution >= 0.6 is 11.6 Å². The van der Waals surface area contributed by atoms with Gasteiger partial charge in [-0.2, -0.15) is 0 Å². The van der Waals surface area contributed by atoms with Crippen LogP contribution in [0.5, 0.6) is 5.75 Å². The number of benzene rings is 2. The first kappa shape index (κ1) is 15.8. The van der Waals surface area contributed by atoms with Gasteiger partial charge in [0.05, 0.1) is 18.7 Å². The molecule has 0 N–H and O–H groups in total. The molecular formula is C18H17ClFNO2. The molecule has 1 heterocycles. The zero-order chi connectivity index (χ0) is 16.4. The van der Waals surface area contributed by atoms with E-state index in [1.54, 1.807) is 12.0 Å². The van der Waals surface area contributed by atoms with Crippen LogP contribution < -0.4 is 4.74 Å². The van der Waals surface area contributed by atoms with Gasteiger partial charge in [-0.05, 0) is 48.7 Å². The van der Waals surface area contributed by atoms with E-state index in [1.165, 1.54) is 18.2 Å². The molecule has 3 nitrogen and oxygen atoms in total. The van der Waals surface area contributed by atoms with E-state index in [1.807, 2.05) is 24.3 Å². The lowest BCUT2D eigenvalue weighted by Crippen LogP contribution is -2.31. The molecule has 0 aromatic heterocycles. The summed E-state index contributed by atoms with van der Waals surface area (Å²) in [5.74, 6) is -0.0893. The lowest BCUT2D eigenvalue weighted by Gasteiger charge is -2.25. The Balaban J connectivity index is 1.88. The Labute approximate surface area is 139 Å². The van der Waals surface area contributed by atoms with Crippen LogP contribution in [0.1, 0.15) is 34.8 Å². The van der Waals surface area contributed by atoms with E-state index in [0.717, 1.165) is 24.2 Å². The lowest BCUT2D eigenvalue weighted by molar-refractivity contribution is 0.0731. The van der Waals surface area contributed by atoms with Crippen molar-refractivity contribution < 1.29 is 13.9 Å². The van der Waals surface area contributed by atoms with E-state index in [2.05, 4.69) is 0 Å². The number of ether oxygens (including phenoxy) is 1. The van der Waals surface area contributed by atoms with Crippen LogP contribution in [0.15, 0.2) is 42.5 Å². The van der Waals surface area contributed by atoms with Gasteiger partial charge >= 0.3 is 0 Å². The predicted octanol–water partition coefficient (Wildman–Crippen LogP) is 4.47. The monoisotopic (exact) mass is 333 g/mol. The number of rotatable bonds is 3. The molecule has 1 aliphatic heterocycles. The van der Waals surface area contributed by atoms with E-state index < -0.39 is 5.82 Å². The average molecular weight is 334 g/mol. The van der Waals surface area contributed by atoms with E-state index in [-0.39, 0.29) is 17.5 Å². The molecule has 2 aromatic carbocycles. The van der Waals surface area contributed by atoms with E-state index in [0.29, 0.717) is 11.6 Å². The number of likely N-dealkylation sites (tertiary alicyclic amines) is 1. The largest absolute Gasteiger partial charge is 0.497 e. The highest BCUT2D eigenvalue weighted by Crippen LogP contribution is 2.34. The van der Waals surface area contributed by atoms with Crippen LogP contribution in [-0.2, 0) is 0 Å². The van der Waals surface area contributed by atoms with Crippen molar-refractivity contribution in [2.45, 2.75) is 18.9 Å². The van der Waals surface area contributed by atoms with Crippen LogP contribution in [0.3, 0.4) is 0 Å². The molecular weight excluding hydrogens is 317 g/mol. The summed E-state index contributed by atoms with van der Waals surface area (Å²) in [6.07, 6.45) is 1.75. The lowest BCUT2D eigenvalue weighted by atomic mass is 10.0. The number of hydrogen-bond donors (Lipinski definition) is 0. The molecule has 0 unspecified atom stereocenters. The van der Waals surface area contributed by atoms with Crippen LogP contribution in [-0.4, -0.2) is 24.5 Å². The molecule has 1 aliphatic rings. The van der Waals surface area contributed by atoms with Crippen LogP contribution in [0.25, 0.3) is 0 Å². The molecule has 1 fully saturated rings. The number of amides is 1. The molecule has 120 valence electrons. The van der Waals surface area contributed by atoms with Crippen LogP contribution in [0.4, 0.5) is 4.39 Å². The number of halogens is 2. The van der Waals surface area contributed by atoms with Gasteiger partial charge in [0.15, 0.2) is 0 Å². The summed E-state index contributed by atoms with van der Waals surface area (Å²) in [4.78, 5) is 14.4. The minimum absolute atomic E-state index is 0.0258. The van der Waals surface area contributed by atoms with Gasteiger partial charge in [-0.25, -0.2) is 4.39 Å². The molecule has 2 aromatic rings. The fraction of sp³-hybridized carbons (Fsp3) is 0.278. The molecule has 0 saturated carbocycles. The smallest absolute Gasteiger partial charge is 0.257 e. The zero-order valence-electron chi connectivity index (χ0n) is 12.8. The summed E-state index contributed by atoms with van der Waals surface area (Å²) in [5.41, 5.74) is 1.05. The Morgan fingerprint density at radius 1 is 1.26 bits per heavy atom. The van der Waals surface area contributed by atoms with Crippen molar-refractivity contribution in [2.24, 2.45) is 0 Å². The third-order valence-corrected chi connectivity index (χ3v) is 4.41. The maximum Gasteiger partial charge on any atom is 0.257 e. The van der Waals surface area contributed by atoms with Crippen molar-refractivity contribution in [1.82, 2.24) is 4.90 Å². The fourth-order valence-corrected chi connectivity index (χ4v) is 3.17. The molecule has 1 saturated heterocycles. The molecule has 0 radical (unpaired) electrons. The van der Waals surface area contributed by atoms with Gasteiger partial charge < -0.3 is 9.64 Å². The second kappa shape index (κ2) is 6.59. The third-order valence-electron chi connectivity index (χ3n) is 4.17. The Hall–Kier alpha value is -2.07. The third kappa shape index (κ3) is 3.17. The molecule has 0 aliphatic carbocycles. The summed E-state index contributed by atoms with van der Waals surface area (Å²) in [6, 6.07) is 11.7. The highest BCUT2D eigenvalue weighted by molar-refractivity contribution is 6.31. The predicted molar refractivity (Wildman–Crippen MR) is 87.4 cm³/mol. The highest BCUT2D eigenvalue weighted by Gasteiger charge is 2.31. The highest BCUT2D eigenvalue weighted by atomic mass is 35.5. The normalized spacial score (nSPS) is 17.3. The van der Waals surface area contributed by atoms with E-state index in [4.69, 9.17) is 16.3 Å². The summed E-state index contributed by atoms with van der Waals surface area (Å²) in [6.45, 7) is 0.613. The van der Waals surface area contributed by atoms with Crippen molar-refractivity contribution in [3.63, 3.8) is 0 Å². The Morgan fingerprint density at radius 3 is 2.70 bits per heavy atom. The van der Waals surface area contributed by atoms with Gasteiger partial charge in [-0.3, -0.25) is 4.79 Å². The fourth-order valence-electron chi connectivity index (χ4n) is 3.00. The number of methoxy groups -OCH3 is 1. The standard InChI is InChI=1S/C18H17ClFNO2/c1-23-14-7-4-12(5-8-14)17-3-2-10-21(17)18(22)15-11-13(19)6-9-16(15)20/h4-9,11,17H,2-3,10H2,1H3/t17-/m1/s1. The molecule has 3 rings (SSSR count). The summed E-state index contributed by atoms with van der Waals surface area (Å²) >= 11 is 5.90. The molecule has 0 bridgehead atoms. The number of carbonyl (C=O) groups excluding carboxylic acids is 1. The van der Waals surface area contributed by atoms with Crippen molar-refractivity contribution in [1.29, 1.82) is 0 Å². The molecule has 0 spiro atoms. The van der Waals surface area contributed by atoms with Crippen LogP contribution in [0.2, 0.25) is 5.02 Å². The quantitative estimate of drug-likeness (QED) is 0.829. The van der Waals surface area contributed by atoms with Crippen LogP contribution in [0, 0.1) is 5.82 Å². The first-order valence-corrected chi connectivity index (χ1v) is 7.88. The van der Waals surface area contributed by atoms with Crippen molar-refractivity contribution in [3.8, 4) is 5.75 Å². The molecule has 5 heteroatoms. The second-order valence-electron chi connectivity index (χ2n) is 5.55. The van der Waals surface area contributed by atoms with Gasteiger partial charge in [0.2, 0.25) is 0 Å². The molecule has 23 heavy (non-hydrogen) atoms. The first-order chi connectivity index (χ1) is 11.1. The second-order valence-corrected chi connectivity index (χ2v) is 5.99. The first-order valence-electron chi connectivity index (χ1n) is 7.50. The Bertz CT molecular complexity index is 717. The van der Waals surface area contributed by atoms with Crippen molar-refractivity contribution in [3.05, 3.63) is 64.4 Å². The van der Waals surface area contributed by atoms with Gasteiger partial charge in [0.25, 0.3) is 5.91 Å². The Kier molecular flexibility index (Phi) is 4.53. The summed E-state index contributed by atoms with van der Waals surface area (Å²) in [7, 11) is 1.61. The van der Waals surface area contributed by atoms with E-state index in [9.17, 15) is 9.18 Å². The van der Waals surface area contributed by atoms with Crippen molar-refractivity contribution >= 4 is 17.5 Å². The van der Waals surface area contributed by atoms with E-state index >= 15 is 0 Å². The molecule has 1 atom stereocenters. The maximum absolute atomic E-state index is 14.0. The minimum atomic E-state index is -0.542. The minimum Gasteiger partial charge on any atom is -0.497 e. The molecule has 1 amide bonds. The van der Waals surface area contributed by atoms with Gasteiger partial charge in [-0.1, -0.05) is 23.7 Å². The van der Waals surface area contributed by atoms with Gasteiger partial charge in [0, 0.05) is 11.6 Å². The van der Waals surface area contributed by atoms with Gasteiger partial charge in [-0.15, -0.1) is 0 Å². The van der Waals surface area contributed by atoms with Gasteiger partial charge in [0.1, 0.15) is 11.6 Å². The average Bonchev–Trinajstić information content (AvgIpc) is 3.06. The topological polar surface area (TPSA) is 29.5 Å². The van der Waals surface area contributed by atoms with Crippen molar-refractivity contribution in [2.75, 3.05) is 13.7 Å². The number of hydrogen-bond acceptors (Lipinski definition) is 2. The SMILES string of the molecule is COc1ccc([C@H]2CCCN2C(=O)c2cc(Cl)ccc2F)cc1. The maximum atomic E-state index is 14.0. The summed E-state index contributed by atoms with van der Waals surface area (Å²) < 4.78 is 19.1.